The minimum absolute atomic E-state index is 0.347. The van der Waals surface area contributed by atoms with E-state index in [0.717, 1.165) is 11.5 Å². The topological polar surface area (TPSA) is 58.3 Å². The molecule has 6 heteroatoms. The van der Waals surface area contributed by atoms with Crippen LogP contribution in [0.25, 0.3) is 0 Å². The Hall–Kier alpha value is -1.07. The lowest BCUT2D eigenvalue weighted by Gasteiger charge is -2.13. The maximum Gasteiger partial charge on any atom is 0.150 e. The van der Waals surface area contributed by atoms with Gasteiger partial charge in [0.2, 0.25) is 0 Å². The number of aliphatic hydroxyl groups is 1. The molecule has 0 bridgehead atoms. The lowest BCUT2D eigenvalue weighted by Crippen LogP contribution is -2.21. The molecule has 2 aromatic rings. The van der Waals surface area contributed by atoms with Crippen molar-refractivity contribution in [2.24, 2.45) is 0 Å². The SMILES string of the molecule is Cc1cc(CNCC(O)c2cc(Cl)ccc2Cl)on1. The Morgan fingerprint density at radius 1 is 1.37 bits per heavy atom. The fourth-order valence-electron chi connectivity index (χ4n) is 1.71. The molecular formula is C13H14Cl2N2O2. The molecule has 0 aliphatic rings. The molecule has 102 valence electrons. The first kappa shape index (κ1) is 14.3. The van der Waals surface area contributed by atoms with Crippen LogP contribution in [0.3, 0.4) is 0 Å². The second kappa shape index (κ2) is 6.39. The zero-order valence-corrected chi connectivity index (χ0v) is 11.9. The lowest BCUT2D eigenvalue weighted by atomic mass is 10.1. The first-order chi connectivity index (χ1) is 9.06. The summed E-state index contributed by atoms with van der Waals surface area (Å²) < 4.78 is 5.05. The predicted molar refractivity (Wildman–Crippen MR) is 74.4 cm³/mol. The summed E-state index contributed by atoms with van der Waals surface area (Å²) in [6.45, 7) is 2.70. The molecule has 2 rings (SSSR count). The van der Waals surface area contributed by atoms with Crippen LogP contribution in [-0.4, -0.2) is 16.8 Å². The van der Waals surface area contributed by atoms with Gasteiger partial charge in [-0.25, -0.2) is 0 Å². The number of aryl methyl sites for hydroxylation is 1. The zero-order chi connectivity index (χ0) is 13.8. The molecule has 1 atom stereocenters. The Kier molecular flexibility index (Phi) is 4.82. The van der Waals surface area contributed by atoms with Gasteiger partial charge in [0.05, 0.1) is 18.3 Å². The Labute approximate surface area is 121 Å². The third kappa shape index (κ3) is 3.94. The Balaban J connectivity index is 1.90. The van der Waals surface area contributed by atoms with E-state index in [1.54, 1.807) is 18.2 Å². The number of rotatable bonds is 5. The molecule has 1 unspecified atom stereocenters. The van der Waals surface area contributed by atoms with Gasteiger partial charge in [0.25, 0.3) is 0 Å². The van der Waals surface area contributed by atoms with E-state index < -0.39 is 6.10 Å². The van der Waals surface area contributed by atoms with Crippen molar-refractivity contribution in [3.8, 4) is 0 Å². The molecule has 0 saturated heterocycles. The molecule has 1 aromatic heterocycles. The molecule has 0 fully saturated rings. The van der Waals surface area contributed by atoms with Crippen molar-refractivity contribution in [1.29, 1.82) is 0 Å². The number of halogens is 2. The summed E-state index contributed by atoms with van der Waals surface area (Å²) in [5.41, 5.74) is 1.44. The number of hydrogen-bond acceptors (Lipinski definition) is 4. The number of aromatic nitrogens is 1. The van der Waals surface area contributed by atoms with Gasteiger partial charge in [0, 0.05) is 28.2 Å². The van der Waals surface area contributed by atoms with Crippen molar-refractivity contribution in [3.05, 3.63) is 51.3 Å². The molecule has 2 N–H and O–H groups in total. The van der Waals surface area contributed by atoms with Crippen molar-refractivity contribution in [1.82, 2.24) is 10.5 Å². The summed E-state index contributed by atoms with van der Waals surface area (Å²) in [4.78, 5) is 0. The minimum atomic E-state index is -0.727. The molecule has 0 radical (unpaired) electrons. The van der Waals surface area contributed by atoms with Crippen LogP contribution in [0.15, 0.2) is 28.8 Å². The second-order valence-electron chi connectivity index (χ2n) is 4.25. The van der Waals surface area contributed by atoms with Crippen LogP contribution < -0.4 is 5.32 Å². The van der Waals surface area contributed by atoms with Crippen LogP contribution in [0.5, 0.6) is 0 Å². The van der Waals surface area contributed by atoms with E-state index >= 15 is 0 Å². The quantitative estimate of drug-likeness (QED) is 0.891. The summed E-state index contributed by atoms with van der Waals surface area (Å²) in [5.74, 6) is 0.724. The highest BCUT2D eigenvalue weighted by Crippen LogP contribution is 2.26. The standard InChI is InChI=1S/C13H14Cl2N2O2/c1-8-4-10(19-17-8)6-16-7-13(18)11-5-9(14)2-3-12(11)15/h2-5,13,16,18H,6-7H2,1H3. The summed E-state index contributed by atoms with van der Waals surface area (Å²) in [5, 5.41) is 18.0. The van der Waals surface area contributed by atoms with Crippen molar-refractivity contribution in [3.63, 3.8) is 0 Å². The number of hydrogen-bond donors (Lipinski definition) is 2. The van der Waals surface area contributed by atoms with Gasteiger partial charge in [-0.1, -0.05) is 28.4 Å². The van der Waals surface area contributed by atoms with Crippen LogP contribution in [-0.2, 0) is 6.54 Å². The molecule has 0 amide bonds. The maximum absolute atomic E-state index is 10.1. The van der Waals surface area contributed by atoms with Crippen LogP contribution in [0.4, 0.5) is 0 Å². The van der Waals surface area contributed by atoms with Gasteiger partial charge in [-0.3, -0.25) is 0 Å². The normalized spacial score (nSPS) is 12.6. The summed E-state index contributed by atoms with van der Waals surface area (Å²) in [7, 11) is 0. The van der Waals surface area contributed by atoms with E-state index in [4.69, 9.17) is 27.7 Å². The molecule has 1 aromatic carbocycles. The Morgan fingerprint density at radius 3 is 2.84 bits per heavy atom. The third-order valence-electron chi connectivity index (χ3n) is 2.63. The van der Waals surface area contributed by atoms with Gasteiger partial charge in [-0.05, 0) is 25.1 Å². The van der Waals surface area contributed by atoms with Gasteiger partial charge < -0.3 is 14.9 Å². The number of nitrogens with zero attached hydrogens (tertiary/aromatic N) is 1. The Morgan fingerprint density at radius 2 is 2.16 bits per heavy atom. The molecule has 19 heavy (non-hydrogen) atoms. The predicted octanol–water partition coefficient (Wildman–Crippen LogP) is 3.11. The van der Waals surface area contributed by atoms with Crippen LogP contribution in [0.1, 0.15) is 23.1 Å². The Bertz CT molecular complexity index is 557. The largest absolute Gasteiger partial charge is 0.387 e. The first-order valence-electron chi connectivity index (χ1n) is 5.82. The second-order valence-corrected chi connectivity index (χ2v) is 5.09. The van der Waals surface area contributed by atoms with E-state index in [1.807, 2.05) is 13.0 Å². The van der Waals surface area contributed by atoms with Gasteiger partial charge in [0.1, 0.15) is 0 Å². The molecule has 1 heterocycles. The molecule has 0 spiro atoms. The number of benzene rings is 1. The van der Waals surface area contributed by atoms with E-state index in [1.165, 1.54) is 0 Å². The van der Waals surface area contributed by atoms with Gasteiger partial charge in [-0.2, -0.15) is 0 Å². The van der Waals surface area contributed by atoms with Crippen molar-refractivity contribution >= 4 is 23.2 Å². The highest BCUT2D eigenvalue weighted by atomic mass is 35.5. The van der Waals surface area contributed by atoms with Gasteiger partial charge in [-0.15, -0.1) is 0 Å². The van der Waals surface area contributed by atoms with Crippen LogP contribution in [0.2, 0.25) is 10.0 Å². The smallest absolute Gasteiger partial charge is 0.150 e. The van der Waals surface area contributed by atoms with E-state index in [2.05, 4.69) is 10.5 Å². The average Bonchev–Trinajstić information content (AvgIpc) is 2.78. The van der Waals surface area contributed by atoms with E-state index in [9.17, 15) is 5.11 Å². The van der Waals surface area contributed by atoms with Crippen molar-refractivity contribution in [2.45, 2.75) is 19.6 Å². The molecular weight excluding hydrogens is 287 g/mol. The summed E-state index contributed by atoms with van der Waals surface area (Å²) in [6.07, 6.45) is -0.727. The molecule has 0 saturated carbocycles. The summed E-state index contributed by atoms with van der Waals surface area (Å²) in [6, 6.07) is 6.85. The highest BCUT2D eigenvalue weighted by Gasteiger charge is 2.12. The zero-order valence-electron chi connectivity index (χ0n) is 10.4. The average molecular weight is 301 g/mol. The molecule has 0 aliphatic heterocycles. The van der Waals surface area contributed by atoms with Crippen molar-refractivity contribution < 1.29 is 9.63 Å². The monoisotopic (exact) mass is 300 g/mol. The molecule has 0 aliphatic carbocycles. The third-order valence-corrected chi connectivity index (χ3v) is 3.21. The number of nitrogens with one attached hydrogen (secondary N) is 1. The van der Waals surface area contributed by atoms with E-state index in [0.29, 0.717) is 28.7 Å². The summed E-state index contributed by atoms with van der Waals surface area (Å²) >= 11 is 11.9. The number of aliphatic hydroxyl groups excluding tert-OH is 1. The van der Waals surface area contributed by atoms with E-state index in [-0.39, 0.29) is 0 Å². The highest BCUT2D eigenvalue weighted by molar-refractivity contribution is 6.33. The van der Waals surface area contributed by atoms with Gasteiger partial charge in [0.15, 0.2) is 5.76 Å². The minimum Gasteiger partial charge on any atom is -0.387 e. The van der Waals surface area contributed by atoms with Crippen LogP contribution in [0, 0.1) is 6.92 Å². The van der Waals surface area contributed by atoms with Gasteiger partial charge >= 0.3 is 0 Å². The fraction of sp³-hybridized carbons (Fsp3) is 0.308. The lowest BCUT2D eigenvalue weighted by molar-refractivity contribution is 0.173. The van der Waals surface area contributed by atoms with Crippen LogP contribution >= 0.6 is 23.2 Å². The first-order valence-corrected chi connectivity index (χ1v) is 6.58. The fourth-order valence-corrected chi connectivity index (χ4v) is 2.14. The maximum atomic E-state index is 10.1. The van der Waals surface area contributed by atoms with Crippen molar-refractivity contribution in [2.75, 3.05) is 6.54 Å². The molecule has 4 nitrogen and oxygen atoms in total.